The lowest BCUT2D eigenvalue weighted by atomic mass is 10.1. The molecule has 26 heavy (non-hydrogen) atoms. The molecule has 1 N–H and O–H groups in total. The number of carbonyl (C=O) groups is 1. The number of nitrogens with one attached hydrogen (secondary N) is 1. The maximum absolute atomic E-state index is 12.2. The summed E-state index contributed by atoms with van der Waals surface area (Å²) in [5, 5.41) is 6.85. The normalized spacial score (nSPS) is 14.5. The van der Waals surface area contributed by atoms with Gasteiger partial charge in [-0.25, -0.2) is 0 Å². The van der Waals surface area contributed by atoms with Gasteiger partial charge in [0.05, 0.1) is 19.3 Å². The molecule has 1 aliphatic rings. The van der Waals surface area contributed by atoms with Crippen LogP contribution in [0.3, 0.4) is 0 Å². The average molecular weight is 359 g/mol. The van der Waals surface area contributed by atoms with E-state index in [1.807, 2.05) is 43.0 Å². The number of hydrogen-bond acceptors (Lipinski definition) is 6. The Hall–Kier alpha value is -2.54. The van der Waals surface area contributed by atoms with Crippen molar-refractivity contribution >= 4 is 11.7 Å². The van der Waals surface area contributed by atoms with Crippen molar-refractivity contribution in [2.45, 2.75) is 26.4 Å². The molecule has 0 bridgehead atoms. The number of nitrogens with zero attached hydrogens (tertiary/aromatic N) is 2. The van der Waals surface area contributed by atoms with E-state index >= 15 is 0 Å². The van der Waals surface area contributed by atoms with Crippen LogP contribution in [0.5, 0.6) is 5.75 Å². The van der Waals surface area contributed by atoms with Crippen molar-refractivity contribution in [3.8, 4) is 5.75 Å². The van der Waals surface area contributed by atoms with Gasteiger partial charge in [-0.15, -0.1) is 0 Å². The van der Waals surface area contributed by atoms with Gasteiger partial charge in [-0.05, 0) is 38.0 Å². The lowest BCUT2D eigenvalue weighted by Gasteiger charge is -2.25. The highest BCUT2D eigenvalue weighted by molar-refractivity contribution is 5.92. The lowest BCUT2D eigenvalue weighted by molar-refractivity contribution is 0.0917. The molecular weight excluding hydrogens is 334 g/mol. The summed E-state index contributed by atoms with van der Waals surface area (Å²) in [4.78, 5) is 14.3. The van der Waals surface area contributed by atoms with Crippen molar-refractivity contribution in [1.82, 2.24) is 10.5 Å². The summed E-state index contributed by atoms with van der Waals surface area (Å²) in [5.74, 6) is 1.49. The number of ether oxygens (including phenoxy) is 2. The minimum absolute atomic E-state index is 0.136. The summed E-state index contributed by atoms with van der Waals surface area (Å²) in [6.07, 6.45) is 0.850. The highest BCUT2D eigenvalue weighted by atomic mass is 16.5. The van der Waals surface area contributed by atoms with Gasteiger partial charge < -0.3 is 24.2 Å². The van der Waals surface area contributed by atoms with Crippen molar-refractivity contribution in [3.63, 3.8) is 0 Å². The van der Waals surface area contributed by atoms with Gasteiger partial charge in [-0.1, -0.05) is 17.3 Å². The molecule has 1 aliphatic heterocycles. The first-order valence-electron chi connectivity index (χ1n) is 8.95. The molecule has 7 heteroatoms. The lowest BCUT2D eigenvalue weighted by Crippen LogP contribution is -2.36. The maximum atomic E-state index is 12.2. The second-order valence-corrected chi connectivity index (χ2v) is 6.47. The highest BCUT2D eigenvalue weighted by Crippen LogP contribution is 2.17. The molecule has 140 valence electrons. The summed E-state index contributed by atoms with van der Waals surface area (Å²) < 4.78 is 16.2. The monoisotopic (exact) mass is 359 g/mol. The fourth-order valence-electron chi connectivity index (χ4n) is 2.77. The van der Waals surface area contributed by atoms with Gasteiger partial charge in [0.25, 0.3) is 5.91 Å². The topological polar surface area (TPSA) is 76.8 Å². The Kier molecular flexibility index (Phi) is 6.12. The van der Waals surface area contributed by atoms with Gasteiger partial charge in [-0.3, -0.25) is 4.79 Å². The van der Waals surface area contributed by atoms with Crippen LogP contribution in [0, 0.1) is 0 Å². The van der Waals surface area contributed by atoms with Crippen molar-refractivity contribution in [1.29, 1.82) is 0 Å². The van der Waals surface area contributed by atoms with Gasteiger partial charge in [0.1, 0.15) is 5.75 Å². The largest absolute Gasteiger partial charge is 0.491 e. The molecular formula is C19H25N3O4. The van der Waals surface area contributed by atoms with E-state index in [0.717, 1.165) is 24.4 Å². The van der Waals surface area contributed by atoms with Gasteiger partial charge in [0.2, 0.25) is 5.76 Å². The molecule has 2 heterocycles. The van der Waals surface area contributed by atoms with Crippen LogP contribution in [0.1, 0.15) is 30.0 Å². The van der Waals surface area contributed by atoms with E-state index in [-0.39, 0.29) is 17.8 Å². The third-order valence-corrected chi connectivity index (χ3v) is 4.03. The number of aromatic nitrogens is 1. The van der Waals surface area contributed by atoms with Crippen LogP contribution in [-0.2, 0) is 11.2 Å². The number of anilines is 1. The zero-order chi connectivity index (χ0) is 18.4. The molecule has 0 aliphatic carbocycles. The van der Waals surface area contributed by atoms with E-state index in [0.29, 0.717) is 32.0 Å². The Bertz CT molecular complexity index is 723. The molecule has 7 nitrogen and oxygen atoms in total. The third kappa shape index (κ3) is 4.98. The average Bonchev–Trinajstić information content (AvgIpc) is 3.12. The number of hydrogen-bond donors (Lipinski definition) is 1. The van der Waals surface area contributed by atoms with Crippen LogP contribution < -0.4 is 15.0 Å². The van der Waals surface area contributed by atoms with Gasteiger partial charge in [0.15, 0.2) is 5.82 Å². The highest BCUT2D eigenvalue weighted by Gasteiger charge is 2.18. The van der Waals surface area contributed by atoms with E-state index in [9.17, 15) is 4.79 Å². The van der Waals surface area contributed by atoms with Crippen molar-refractivity contribution in [3.05, 3.63) is 41.7 Å². The molecule has 1 amide bonds. The Labute approximate surface area is 153 Å². The van der Waals surface area contributed by atoms with Gasteiger partial charge in [-0.2, -0.15) is 0 Å². The first-order chi connectivity index (χ1) is 12.6. The Morgan fingerprint density at radius 3 is 2.88 bits per heavy atom. The van der Waals surface area contributed by atoms with E-state index in [1.54, 1.807) is 6.07 Å². The number of amides is 1. The summed E-state index contributed by atoms with van der Waals surface area (Å²) in [5.41, 5.74) is 1.11. The third-order valence-electron chi connectivity index (χ3n) is 4.03. The van der Waals surface area contributed by atoms with Gasteiger partial charge in [0, 0.05) is 25.7 Å². The smallest absolute Gasteiger partial charge is 0.289 e. The zero-order valence-electron chi connectivity index (χ0n) is 15.2. The van der Waals surface area contributed by atoms with E-state index in [2.05, 4.69) is 10.5 Å². The van der Waals surface area contributed by atoms with Crippen LogP contribution in [0.4, 0.5) is 5.82 Å². The first kappa shape index (κ1) is 18.3. The molecule has 0 spiro atoms. The number of rotatable bonds is 7. The quantitative estimate of drug-likeness (QED) is 0.817. The summed E-state index contributed by atoms with van der Waals surface area (Å²) in [6.45, 7) is 7.33. The fraction of sp³-hybridized carbons (Fsp3) is 0.474. The van der Waals surface area contributed by atoms with Gasteiger partial charge >= 0.3 is 0 Å². The van der Waals surface area contributed by atoms with E-state index in [4.69, 9.17) is 14.0 Å². The van der Waals surface area contributed by atoms with E-state index < -0.39 is 0 Å². The molecule has 0 saturated carbocycles. The second kappa shape index (κ2) is 8.71. The molecule has 0 unspecified atom stereocenters. The van der Waals surface area contributed by atoms with E-state index in [1.165, 1.54) is 0 Å². The molecule has 1 fully saturated rings. The summed E-state index contributed by atoms with van der Waals surface area (Å²) in [7, 11) is 0. The Morgan fingerprint density at radius 2 is 2.12 bits per heavy atom. The van der Waals surface area contributed by atoms with Crippen LogP contribution in [0.15, 0.2) is 34.9 Å². The molecule has 1 saturated heterocycles. The van der Waals surface area contributed by atoms with Crippen LogP contribution in [0.25, 0.3) is 0 Å². The minimum atomic E-state index is -0.258. The maximum Gasteiger partial charge on any atom is 0.289 e. The van der Waals surface area contributed by atoms with Crippen LogP contribution >= 0.6 is 0 Å². The molecule has 0 atom stereocenters. The molecule has 0 radical (unpaired) electrons. The van der Waals surface area contributed by atoms with Crippen LogP contribution in [-0.4, -0.2) is 50.0 Å². The van der Waals surface area contributed by atoms with Crippen LogP contribution in [0.2, 0.25) is 0 Å². The first-order valence-corrected chi connectivity index (χ1v) is 8.95. The summed E-state index contributed by atoms with van der Waals surface area (Å²) in [6, 6.07) is 9.59. The number of carbonyl (C=O) groups excluding carboxylic acids is 1. The summed E-state index contributed by atoms with van der Waals surface area (Å²) >= 11 is 0. The van der Waals surface area contributed by atoms with Crippen molar-refractivity contribution in [2.75, 3.05) is 37.7 Å². The second-order valence-electron chi connectivity index (χ2n) is 6.47. The van der Waals surface area contributed by atoms with Crippen molar-refractivity contribution in [2.24, 2.45) is 0 Å². The molecule has 1 aromatic carbocycles. The fourth-order valence-corrected chi connectivity index (χ4v) is 2.77. The molecule has 1 aromatic heterocycles. The number of morpholine rings is 1. The molecule has 3 rings (SSSR count). The molecule has 2 aromatic rings. The Balaban J connectivity index is 1.49. The predicted octanol–water partition coefficient (Wildman–Crippen LogP) is 2.27. The van der Waals surface area contributed by atoms with Crippen molar-refractivity contribution < 1.29 is 18.8 Å². The standard InChI is InChI=1S/C19H25N3O4/c1-14(2)25-16-5-3-4-15(12-16)6-7-20-19(23)17-13-18(21-26-17)22-8-10-24-11-9-22/h3-5,12-14H,6-11H2,1-2H3,(H,20,23). The minimum Gasteiger partial charge on any atom is -0.491 e. The zero-order valence-corrected chi connectivity index (χ0v) is 15.2. The SMILES string of the molecule is CC(C)Oc1cccc(CCNC(=O)c2cc(N3CCOCC3)no2)c1. The Morgan fingerprint density at radius 1 is 1.31 bits per heavy atom. The number of benzene rings is 1. The predicted molar refractivity (Wildman–Crippen MR) is 97.8 cm³/mol.